The van der Waals surface area contributed by atoms with Crippen molar-refractivity contribution >= 4 is 5.91 Å². The fourth-order valence-corrected chi connectivity index (χ4v) is 3.15. The topological polar surface area (TPSA) is 68.5 Å². The lowest BCUT2D eigenvalue weighted by Crippen LogP contribution is -2.24. The van der Waals surface area contributed by atoms with Crippen LogP contribution in [-0.4, -0.2) is 34.6 Å². The van der Waals surface area contributed by atoms with Crippen molar-refractivity contribution in [3.8, 4) is 17.2 Å². The third-order valence-corrected chi connectivity index (χ3v) is 4.57. The molecule has 1 fully saturated rings. The molecule has 0 spiro atoms. The first-order valence-electron chi connectivity index (χ1n) is 8.52. The first-order chi connectivity index (χ1) is 12.7. The average molecular weight is 349 g/mol. The molecular formula is C20H19N3O3. The molecule has 2 heterocycles. The summed E-state index contributed by atoms with van der Waals surface area (Å²) in [5.41, 5.74) is 1.95. The molecule has 1 aliphatic rings. The Labute approximate surface area is 151 Å². The van der Waals surface area contributed by atoms with Crippen molar-refractivity contribution in [2.24, 2.45) is 0 Å². The number of carbonyl (C=O) groups excluding carboxylic acids is 1. The van der Waals surface area contributed by atoms with E-state index in [1.54, 1.807) is 7.11 Å². The fraction of sp³-hybridized carbons (Fsp3) is 0.250. The molecule has 1 amide bonds. The zero-order valence-corrected chi connectivity index (χ0v) is 14.5. The number of ether oxygens (including phenoxy) is 1. The zero-order valence-electron chi connectivity index (χ0n) is 14.5. The maximum atomic E-state index is 12.3. The molecule has 26 heavy (non-hydrogen) atoms. The summed E-state index contributed by atoms with van der Waals surface area (Å²) in [5.74, 6) is 1.89. The van der Waals surface area contributed by atoms with Crippen LogP contribution in [0.25, 0.3) is 11.5 Å². The van der Waals surface area contributed by atoms with Crippen LogP contribution in [0.2, 0.25) is 0 Å². The Morgan fingerprint density at radius 1 is 1.15 bits per heavy atom. The van der Waals surface area contributed by atoms with Crippen LogP contribution < -0.4 is 4.74 Å². The molecule has 3 aromatic rings. The van der Waals surface area contributed by atoms with E-state index in [0.29, 0.717) is 31.2 Å². The van der Waals surface area contributed by atoms with Gasteiger partial charge in [-0.1, -0.05) is 35.5 Å². The van der Waals surface area contributed by atoms with Gasteiger partial charge in [-0.3, -0.25) is 4.79 Å². The molecule has 0 saturated carbocycles. The number of carbonyl (C=O) groups is 1. The number of amides is 1. The number of nitrogens with zero attached hydrogens (tertiary/aromatic N) is 3. The van der Waals surface area contributed by atoms with Crippen LogP contribution in [0.1, 0.15) is 23.7 Å². The molecule has 6 heteroatoms. The molecular weight excluding hydrogens is 330 g/mol. The molecule has 0 N–H and O–H groups in total. The summed E-state index contributed by atoms with van der Waals surface area (Å²) in [6.45, 7) is 1.22. The Morgan fingerprint density at radius 3 is 2.65 bits per heavy atom. The molecule has 1 saturated heterocycles. The second-order valence-corrected chi connectivity index (χ2v) is 6.35. The fourth-order valence-electron chi connectivity index (χ4n) is 3.15. The molecule has 1 aromatic heterocycles. The van der Waals surface area contributed by atoms with Gasteiger partial charge in [-0.25, -0.2) is 0 Å². The van der Waals surface area contributed by atoms with Crippen molar-refractivity contribution in [3.05, 3.63) is 66.0 Å². The number of hydrogen-bond acceptors (Lipinski definition) is 5. The Bertz CT molecular complexity index is 890. The Kier molecular flexibility index (Phi) is 4.39. The van der Waals surface area contributed by atoms with Gasteiger partial charge in [0.1, 0.15) is 5.75 Å². The van der Waals surface area contributed by atoms with Crippen LogP contribution in [0.4, 0.5) is 0 Å². The van der Waals surface area contributed by atoms with Gasteiger partial charge >= 0.3 is 0 Å². The van der Waals surface area contributed by atoms with Crippen molar-refractivity contribution < 1.29 is 14.1 Å². The highest BCUT2D eigenvalue weighted by Gasteiger charge is 2.33. The number of hydrogen-bond donors (Lipinski definition) is 0. The number of benzene rings is 2. The Hall–Kier alpha value is -3.15. The molecule has 132 valence electrons. The third-order valence-electron chi connectivity index (χ3n) is 4.57. The maximum absolute atomic E-state index is 12.3. The SMILES string of the molecule is COc1ccc(-c2nc([C@@H]3CC(=O)N(Cc4ccccc4)C3)no2)cc1. The highest BCUT2D eigenvalue weighted by atomic mass is 16.5. The van der Waals surface area contributed by atoms with Gasteiger partial charge in [0.15, 0.2) is 5.82 Å². The number of likely N-dealkylation sites (tertiary alicyclic amines) is 1. The van der Waals surface area contributed by atoms with Gasteiger partial charge in [0, 0.05) is 31.0 Å². The Balaban J connectivity index is 1.46. The summed E-state index contributed by atoms with van der Waals surface area (Å²) >= 11 is 0. The lowest BCUT2D eigenvalue weighted by molar-refractivity contribution is -0.128. The molecule has 2 aromatic carbocycles. The van der Waals surface area contributed by atoms with E-state index in [4.69, 9.17) is 9.26 Å². The van der Waals surface area contributed by atoms with Gasteiger partial charge < -0.3 is 14.2 Å². The van der Waals surface area contributed by atoms with E-state index in [-0.39, 0.29) is 11.8 Å². The minimum absolute atomic E-state index is 0.0399. The molecule has 0 radical (unpaired) electrons. The average Bonchev–Trinajstić information content (AvgIpc) is 3.30. The Morgan fingerprint density at radius 2 is 1.92 bits per heavy atom. The number of aromatic nitrogens is 2. The summed E-state index contributed by atoms with van der Waals surface area (Å²) in [6.07, 6.45) is 0.411. The smallest absolute Gasteiger partial charge is 0.257 e. The van der Waals surface area contributed by atoms with Crippen molar-refractivity contribution in [3.63, 3.8) is 0 Å². The van der Waals surface area contributed by atoms with Crippen molar-refractivity contribution in [2.45, 2.75) is 18.9 Å². The predicted molar refractivity (Wildman–Crippen MR) is 95.5 cm³/mol. The number of methoxy groups -OCH3 is 1. The van der Waals surface area contributed by atoms with Crippen LogP contribution in [-0.2, 0) is 11.3 Å². The van der Waals surface area contributed by atoms with Crippen LogP contribution in [0.15, 0.2) is 59.1 Å². The van der Waals surface area contributed by atoms with Crippen LogP contribution in [0.3, 0.4) is 0 Å². The van der Waals surface area contributed by atoms with Crippen LogP contribution in [0, 0.1) is 0 Å². The zero-order chi connectivity index (χ0) is 17.9. The highest BCUT2D eigenvalue weighted by Crippen LogP contribution is 2.29. The minimum atomic E-state index is -0.0399. The second-order valence-electron chi connectivity index (χ2n) is 6.35. The molecule has 6 nitrogen and oxygen atoms in total. The van der Waals surface area contributed by atoms with E-state index < -0.39 is 0 Å². The van der Waals surface area contributed by atoms with Gasteiger partial charge in [0.05, 0.1) is 7.11 Å². The molecule has 1 atom stereocenters. The van der Waals surface area contributed by atoms with E-state index in [1.807, 2.05) is 59.5 Å². The van der Waals surface area contributed by atoms with Gasteiger partial charge in [-0.2, -0.15) is 4.98 Å². The van der Waals surface area contributed by atoms with Crippen LogP contribution >= 0.6 is 0 Å². The highest BCUT2D eigenvalue weighted by molar-refractivity contribution is 5.79. The normalized spacial score (nSPS) is 16.9. The summed E-state index contributed by atoms with van der Waals surface area (Å²) in [5, 5.41) is 4.10. The van der Waals surface area contributed by atoms with E-state index in [1.165, 1.54) is 0 Å². The number of rotatable bonds is 5. The van der Waals surface area contributed by atoms with Gasteiger partial charge in [-0.15, -0.1) is 0 Å². The third kappa shape index (κ3) is 3.31. The molecule has 0 unspecified atom stereocenters. The van der Waals surface area contributed by atoms with E-state index in [9.17, 15) is 4.79 Å². The van der Waals surface area contributed by atoms with Crippen molar-refractivity contribution in [1.29, 1.82) is 0 Å². The standard InChI is InChI=1S/C20H19N3O3/c1-25-17-9-7-15(8-10-17)20-21-19(22-26-20)16-11-18(24)23(13-16)12-14-5-3-2-4-6-14/h2-10,16H,11-13H2,1H3/t16-/m1/s1. The summed E-state index contributed by atoms with van der Waals surface area (Å²) in [7, 11) is 1.62. The summed E-state index contributed by atoms with van der Waals surface area (Å²) < 4.78 is 10.5. The van der Waals surface area contributed by atoms with Gasteiger partial charge in [0.25, 0.3) is 5.89 Å². The molecule has 0 bridgehead atoms. The minimum Gasteiger partial charge on any atom is -0.497 e. The largest absolute Gasteiger partial charge is 0.497 e. The first kappa shape index (κ1) is 16.3. The van der Waals surface area contributed by atoms with E-state index in [2.05, 4.69) is 10.1 Å². The predicted octanol–water partition coefficient (Wildman–Crippen LogP) is 3.26. The maximum Gasteiger partial charge on any atom is 0.257 e. The van der Waals surface area contributed by atoms with Gasteiger partial charge in [0.2, 0.25) is 5.91 Å². The summed E-state index contributed by atoms with van der Waals surface area (Å²) in [6, 6.07) is 17.4. The quantitative estimate of drug-likeness (QED) is 0.707. The van der Waals surface area contributed by atoms with E-state index >= 15 is 0 Å². The monoisotopic (exact) mass is 349 g/mol. The molecule has 0 aliphatic carbocycles. The molecule has 4 rings (SSSR count). The van der Waals surface area contributed by atoms with Gasteiger partial charge in [-0.05, 0) is 29.8 Å². The summed E-state index contributed by atoms with van der Waals surface area (Å²) in [4.78, 5) is 18.7. The lowest BCUT2D eigenvalue weighted by atomic mass is 10.1. The van der Waals surface area contributed by atoms with Crippen molar-refractivity contribution in [2.75, 3.05) is 13.7 Å². The lowest BCUT2D eigenvalue weighted by Gasteiger charge is -2.15. The second kappa shape index (κ2) is 7.00. The van der Waals surface area contributed by atoms with Crippen molar-refractivity contribution in [1.82, 2.24) is 15.0 Å². The first-order valence-corrected chi connectivity index (χ1v) is 8.52. The molecule has 1 aliphatic heterocycles. The van der Waals surface area contributed by atoms with E-state index in [0.717, 1.165) is 16.9 Å². The van der Waals surface area contributed by atoms with Crippen LogP contribution in [0.5, 0.6) is 5.75 Å².